The molecule has 0 aromatic heterocycles. The van der Waals surface area contributed by atoms with E-state index in [9.17, 15) is 14.4 Å². The van der Waals surface area contributed by atoms with Crippen LogP contribution in [0.25, 0.3) is 0 Å². The van der Waals surface area contributed by atoms with E-state index in [-0.39, 0.29) is 28.7 Å². The van der Waals surface area contributed by atoms with Gasteiger partial charge in [0.05, 0.1) is 0 Å². The van der Waals surface area contributed by atoms with Crippen LogP contribution in [-0.4, -0.2) is 17.3 Å². The van der Waals surface area contributed by atoms with Crippen LogP contribution in [0.3, 0.4) is 0 Å². The molecule has 0 heterocycles. The third-order valence-corrected chi connectivity index (χ3v) is 3.83. The van der Waals surface area contributed by atoms with Crippen molar-refractivity contribution in [2.75, 3.05) is 0 Å². The zero-order chi connectivity index (χ0) is 11.4. The first kappa shape index (κ1) is 10.5. The van der Waals surface area contributed by atoms with Crippen molar-refractivity contribution < 1.29 is 14.4 Å². The standard InChI is InChI=1S/C12H16O3/c1-7-4-8(13)12(7)9(14)5-11(2,3)6-10(12)15/h7H,4-6H2,1-3H3. The highest BCUT2D eigenvalue weighted by Crippen LogP contribution is 2.52. The molecule has 0 bridgehead atoms. The molecule has 0 aliphatic heterocycles. The molecule has 3 nitrogen and oxygen atoms in total. The van der Waals surface area contributed by atoms with Gasteiger partial charge >= 0.3 is 0 Å². The number of rotatable bonds is 0. The van der Waals surface area contributed by atoms with Gasteiger partial charge in [0, 0.05) is 19.3 Å². The van der Waals surface area contributed by atoms with Crippen LogP contribution >= 0.6 is 0 Å². The number of ketones is 3. The van der Waals surface area contributed by atoms with E-state index in [0.29, 0.717) is 19.3 Å². The summed E-state index contributed by atoms with van der Waals surface area (Å²) in [5, 5.41) is 0. The molecule has 1 unspecified atom stereocenters. The van der Waals surface area contributed by atoms with Crippen molar-refractivity contribution in [3.63, 3.8) is 0 Å². The number of carbonyl (C=O) groups is 3. The van der Waals surface area contributed by atoms with Crippen molar-refractivity contribution >= 4 is 17.3 Å². The predicted molar refractivity (Wildman–Crippen MR) is 54.3 cm³/mol. The molecule has 0 aromatic rings. The number of hydrogen-bond donors (Lipinski definition) is 0. The summed E-state index contributed by atoms with van der Waals surface area (Å²) in [7, 11) is 0. The fourth-order valence-corrected chi connectivity index (χ4v) is 2.96. The van der Waals surface area contributed by atoms with Gasteiger partial charge in [0.15, 0.2) is 17.3 Å². The maximum Gasteiger partial charge on any atom is 0.154 e. The molecular formula is C12H16O3. The van der Waals surface area contributed by atoms with Crippen molar-refractivity contribution in [2.45, 2.75) is 40.0 Å². The van der Waals surface area contributed by atoms with Crippen LogP contribution in [0.4, 0.5) is 0 Å². The summed E-state index contributed by atoms with van der Waals surface area (Å²) in [6.45, 7) is 5.64. The largest absolute Gasteiger partial charge is 0.298 e. The molecule has 3 heteroatoms. The van der Waals surface area contributed by atoms with E-state index in [1.165, 1.54) is 0 Å². The summed E-state index contributed by atoms with van der Waals surface area (Å²) >= 11 is 0. The predicted octanol–water partition coefficient (Wildman–Crippen LogP) is 1.54. The molecular weight excluding hydrogens is 192 g/mol. The normalized spacial score (nSPS) is 33.0. The van der Waals surface area contributed by atoms with Gasteiger partial charge in [0.2, 0.25) is 0 Å². The summed E-state index contributed by atoms with van der Waals surface area (Å²) in [6, 6.07) is 0. The van der Waals surface area contributed by atoms with E-state index in [2.05, 4.69) is 0 Å². The fourth-order valence-electron chi connectivity index (χ4n) is 2.96. The number of hydrogen-bond acceptors (Lipinski definition) is 3. The molecule has 2 fully saturated rings. The zero-order valence-corrected chi connectivity index (χ0v) is 9.42. The van der Waals surface area contributed by atoms with Crippen molar-refractivity contribution in [2.24, 2.45) is 16.7 Å². The first-order chi connectivity index (χ1) is 6.80. The van der Waals surface area contributed by atoms with Crippen LogP contribution in [0.5, 0.6) is 0 Å². The molecule has 0 radical (unpaired) electrons. The fraction of sp³-hybridized carbons (Fsp3) is 0.750. The minimum atomic E-state index is -1.23. The smallest absolute Gasteiger partial charge is 0.154 e. The van der Waals surface area contributed by atoms with E-state index in [0.717, 1.165) is 0 Å². The van der Waals surface area contributed by atoms with E-state index in [1.54, 1.807) is 0 Å². The Morgan fingerprint density at radius 2 is 1.47 bits per heavy atom. The zero-order valence-electron chi connectivity index (χ0n) is 9.42. The summed E-state index contributed by atoms with van der Waals surface area (Å²) in [5.74, 6) is -0.526. The summed E-state index contributed by atoms with van der Waals surface area (Å²) < 4.78 is 0. The van der Waals surface area contributed by atoms with Gasteiger partial charge < -0.3 is 0 Å². The minimum Gasteiger partial charge on any atom is -0.298 e. The van der Waals surface area contributed by atoms with E-state index in [1.807, 2.05) is 20.8 Å². The van der Waals surface area contributed by atoms with Crippen molar-refractivity contribution in [1.29, 1.82) is 0 Å². The Morgan fingerprint density at radius 3 is 1.80 bits per heavy atom. The van der Waals surface area contributed by atoms with Crippen LogP contribution in [0.1, 0.15) is 40.0 Å². The second-order valence-corrected chi connectivity index (χ2v) is 5.70. The average molecular weight is 208 g/mol. The molecule has 2 saturated carbocycles. The van der Waals surface area contributed by atoms with Crippen molar-refractivity contribution in [3.05, 3.63) is 0 Å². The van der Waals surface area contributed by atoms with E-state index < -0.39 is 5.41 Å². The van der Waals surface area contributed by atoms with Gasteiger partial charge in [0.1, 0.15) is 5.41 Å². The Morgan fingerprint density at radius 1 is 1.00 bits per heavy atom. The monoisotopic (exact) mass is 208 g/mol. The number of carbonyl (C=O) groups excluding carboxylic acids is 3. The highest BCUT2D eigenvalue weighted by molar-refractivity contribution is 6.29. The maximum atomic E-state index is 12.0. The third-order valence-electron chi connectivity index (χ3n) is 3.83. The third kappa shape index (κ3) is 1.15. The Bertz CT molecular complexity index is 345. The molecule has 0 amide bonds. The molecule has 2 rings (SSSR count). The van der Waals surface area contributed by atoms with Gasteiger partial charge in [-0.05, 0) is 11.3 Å². The van der Waals surface area contributed by atoms with Gasteiger partial charge in [-0.25, -0.2) is 0 Å². The van der Waals surface area contributed by atoms with Gasteiger partial charge in [-0.3, -0.25) is 14.4 Å². The summed E-state index contributed by atoms with van der Waals surface area (Å²) in [6.07, 6.45) is 1.10. The second-order valence-electron chi connectivity index (χ2n) is 5.70. The Kier molecular flexibility index (Phi) is 1.95. The van der Waals surface area contributed by atoms with Gasteiger partial charge in [-0.15, -0.1) is 0 Å². The Balaban J connectivity index is 2.40. The van der Waals surface area contributed by atoms with Crippen LogP contribution in [0, 0.1) is 16.7 Å². The van der Waals surface area contributed by atoms with Crippen LogP contribution in [0.2, 0.25) is 0 Å². The Labute approximate surface area is 89.2 Å². The van der Waals surface area contributed by atoms with Crippen LogP contribution in [-0.2, 0) is 14.4 Å². The lowest BCUT2D eigenvalue weighted by atomic mass is 9.49. The van der Waals surface area contributed by atoms with Gasteiger partial charge in [0.25, 0.3) is 0 Å². The lowest BCUT2D eigenvalue weighted by Crippen LogP contribution is -2.63. The first-order valence-electron chi connectivity index (χ1n) is 5.40. The van der Waals surface area contributed by atoms with Crippen molar-refractivity contribution in [1.82, 2.24) is 0 Å². The first-order valence-corrected chi connectivity index (χ1v) is 5.40. The molecule has 2 aliphatic carbocycles. The quantitative estimate of drug-likeness (QED) is 0.567. The molecule has 1 atom stereocenters. The molecule has 2 aliphatic rings. The molecule has 1 spiro atoms. The summed E-state index contributed by atoms with van der Waals surface area (Å²) in [4.78, 5) is 35.6. The lowest BCUT2D eigenvalue weighted by Gasteiger charge is -2.48. The van der Waals surface area contributed by atoms with Crippen molar-refractivity contribution in [3.8, 4) is 0 Å². The van der Waals surface area contributed by atoms with Gasteiger partial charge in [-0.2, -0.15) is 0 Å². The second kappa shape index (κ2) is 2.77. The highest BCUT2D eigenvalue weighted by Gasteiger charge is 2.65. The maximum absolute atomic E-state index is 12.0. The highest BCUT2D eigenvalue weighted by atomic mass is 16.2. The SMILES string of the molecule is CC1CC(=O)C12C(=O)CC(C)(C)CC2=O. The molecule has 0 aromatic carbocycles. The molecule has 82 valence electrons. The van der Waals surface area contributed by atoms with Crippen LogP contribution < -0.4 is 0 Å². The average Bonchev–Trinajstić information content (AvgIpc) is 1.99. The number of Topliss-reactive ketones (excluding diaryl/α,β-unsaturated/α-hetero) is 3. The van der Waals surface area contributed by atoms with Crippen LogP contribution in [0.15, 0.2) is 0 Å². The topological polar surface area (TPSA) is 51.2 Å². The molecule has 15 heavy (non-hydrogen) atoms. The lowest BCUT2D eigenvalue weighted by molar-refractivity contribution is -0.167. The molecule has 0 N–H and O–H groups in total. The minimum absolute atomic E-state index is 0.0823. The van der Waals surface area contributed by atoms with E-state index in [4.69, 9.17) is 0 Å². The Hall–Kier alpha value is -0.990. The van der Waals surface area contributed by atoms with E-state index >= 15 is 0 Å². The summed E-state index contributed by atoms with van der Waals surface area (Å²) in [5.41, 5.74) is -1.50. The van der Waals surface area contributed by atoms with Gasteiger partial charge in [-0.1, -0.05) is 20.8 Å². The molecule has 0 saturated heterocycles.